The van der Waals surface area contributed by atoms with Gasteiger partial charge in [0.15, 0.2) is 0 Å². The van der Waals surface area contributed by atoms with Crippen LogP contribution in [-0.4, -0.2) is 76.8 Å². The Morgan fingerprint density at radius 2 is 1.32 bits per heavy atom. The summed E-state index contributed by atoms with van der Waals surface area (Å²) in [5, 5.41) is 0. The van der Waals surface area contributed by atoms with Gasteiger partial charge in [-0.1, -0.05) is 30.7 Å². The van der Waals surface area contributed by atoms with Crippen molar-refractivity contribution in [2.75, 3.05) is 59.5 Å². The molecule has 11 heteroatoms. The van der Waals surface area contributed by atoms with Crippen molar-refractivity contribution in [3.8, 4) is 0 Å². The first-order valence-electron chi connectivity index (χ1n) is 9.53. The maximum atomic E-state index is 11.2. The van der Waals surface area contributed by atoms with E-state index in [2.05, 4.69) is 16.2 Å². The molecule has 0 radical (unpaired) electrons. The molecule has 0 saturated carbocycles. The minimum absolute atomic E-state index is 0.0155. The fourth-order valence-electron chi connectivity index (χ4n) is 1.89. The van der Waals surface area contributed by atoms with E-state index in [4.69, 9.17) is 28.6 Å². The van der Waals surface area contributed by atoms with Crippen LogP contribution in [0.15, 0.2) is 0 Å². The Labute approximate surface area is 167 Å². The standard InChI is InChI=1S/C17H33O10P/c1-3-4-5-6-7-21-8-9-22-10-11-23-12-13-24-14-15-25-17(18)26-16(2)27-28(19)20/h16H,3-15H2,1-2H3/p+1. The van der Waals surface area contributed by atoms with E-state index in [0.717, 1.165) is 13.0 Å². The Kier molecular flexibility index (Phi) is 20.2. The second-order valence-electron chi connectivity index (χ2n) is 5.64. The maximum absolute atomic E-state index is 11.2. The molecule has 0 spiro atoms. The molecule has 0 aliphatic rings. The Balaban J connectivity index is 3.19. The van der Waals surface area contributed by atoms with Crippen LogP contribution in [0.5, 0.6) is 0 Å². The normalized spacial score (nSPS) is 12.6. The van der Waals surface area contributed by atoms with E-state index in [-0.39, 0.29) is 13.2 Å². The van der Waals surface area contributed by atoms with Crippen molar-refractivity contribution in [3.05, 3.63) is 0 Å². The van der Waals surface area contributed by atoms with E-state index in [0.29, 0.717) is 39.6 Å². The average Bonchev–Trinajstić information content (AvgIpc) is 2.63. The lowest BCUT2D eigenvalue weighted by atomic mass is 10.2. The van der Waals surface area contributed by atoms with Gasteiger partial charge in [-0.15, -0.1) is 4.89 Å². The second kappa shape index (κ2) is 20.9. The molecule has 0 aromatic rings. The number of ether oxygens (including phenoxy) is 6. The van der Waals surface area contributed by atoms with Crippen LogP contribution in [0.2, 0.25) is 0 Å². The van der Waals surface area contributed by atoms with Crippen LogP contribution in [0.1, 0.15) is 39.5 Å². The lowest BCUT2D eigenvalue weighted by molar-refractivity contribution is -0.0603. The van der Waals surface area contributed by atoms with Crippen molar-refractivity contribution in [2.45, 2.75) is 45.8 Å². The highest BCUT2D eigenvalue weighted by Gasteiger charge is 2.22. The predicted molar refractivity (Wildman–Crippen MR) is 100 cm³/mol. The molecule has 0 fully saturated rings. The van der Waals surface area contributed by atoms with Crippen LogP contribution >= 0.6 is 8.25 Å². The van der Waals surface area contributed by atoms with Crippen molar-refractivity contribution in [3.63, 3.8) is 0 Å². The molecule has 28 heavy (non-hydrogen) atoms. The van der Waals surface area contributed by atoms with Crippen molar-refractivity contribution in [1.82, 2.24) is 0 Å². The van der Waals surface area contributed by atoms with E-state index in [1.165, 1.54) is 26.2 Å². The predicted octanol–water partition coefficient (Wildman–Crippen LogP) is 2.80. The first-order valence-corrected chi connectivity index (χ1v) is 10.7. The summed E-state index contributed by atoms with van der Waals surface area (Å²) in [4.78, 5) is 19.7. The summed E-state index contributed by atoms with van der Waals surface area (Å²) in [5.41, 5.74) is 0. The number of carbonyl (C=O) groups is 1. The molecule has 0 aromatic heterocycles. The van der Waals surface area contributed by atoms with Gasteiger partial charge in [-0.2, -0.15) is 0 Å². The van der Waals surface area contributed by atoms with Crippen LogP contribution in [0.3, 0.4) is 0 Å². The zero-order chi connectivity index (χ0) is 20.9. The van der Waals surface area contributed by atoms with Crippen LogP contribution in [0.4, 0.5) is 4.79 Å². The highest BCUT2D eigenvalue weighted by molar-refractivity contribution is 7.32. The molecule has 0 saturated heterocycles. The minimum Gasteiger partial charge on any atom is -0.432 e. The van der Waals surface area contributed by atoms with E-state index < -0.39 is 20.7 Å². The molecule has 2 unspecified atom stereocenters. The van der Waals surface area contributed by atoms with Gasteiger partial charge in [0.25, 0.3) is 6.29 Å². The van der Waals surface area contributed by atoms with E-state index in [1.807, 2.05) is 0 Å². The summed E-state index contributed by atoms with van der Waals surface area (Å²) in [6.07, 6.45) is 2.62. The van der Waals surface area contributed by atoms with Crippen molar-refractivity contribution in [1.29, 1.82) is 0 Å². The van der Waals surface area contributed by atoms with E-state index in [9.17, 15) is 9.36 Å². The molecule has 0 amide bonds. The summed E-state index contributed by atoms with van der Waals surface area (Å²) in [7, 11) is -2.84. The lowest BCUT2D eigenvalue weighted by Crippen LogP contribution is -2.19. The van der Waals surface area contributed by atoms with Gasteiger partial charge in [-0.3, -0.25) is 0 Å². The first-order chi connectivity index (χ1) is 13.6. The van der Waals surface area contributed by atoms with Gasteiger partial charge in [0.1, 0.15) is 6.61 Å². The Hall–Kier alpha value is -0.870. The SMILES string of the molecule is CCCCCCOCCOCCOCCOCCOC(=O)OC(C)O[P+](=O)O. The largest absolute Gasteiger partial charge is 0.698 e. The van der Waals surface area contributed by atoms with Gasteiger partial charge >= 0.3 is 14.4 Å². The lowest BCUT2D eigenvalue weighted by Gasteiger charge is -2.09. The number of unbranched alkanes of at least 4 members (excludes halogenated alkanes) is 3. The van der Waals surface area contributed by atoms with Crippen molar-refractivity contribution < 1.29 is 47.2 Å². The third kappa shape index (κ3) is 21.4. The Bertz CT molecular complexity index is 383. The first kappa shape index (κ1) is 27.1. The summed E-state index contributed by atoms with van der Waals surface area (Å²) >= 11 is 0. The molecule has 0 heterocycles. The van der Waals surface area contributed by atoms with E-state index in [1.54, 1.807) is 0 Å². The quantitative estimate of drug-likeness (QED) is 0.134. The fourth-order valence-corrected chi connectivity index (χ4v) is 2.19. The molecule has 0 rings (SSSR count). The van der Waals surface area contributed by atoms with Crippen LogP contribution in [-0.2, 0) is 37.5 Å². The zero-order valence-corrected chi connectivity index (χ0v) is 17.7. The smallest absolute Gasteiger partial charge is 0.432 e. The topological polar surface area (TPSA) is 119 Å². The maximum Gasteiger partial charge on any atom is 0.698 e. The summed E-state index contributed by atoms with van der Waals surface area (Å²) in [5.74, 6) is 0. The molecule has 0 aromatic carbocycles. The molecule has 2 atom stereocenters. The summed E-state index contributed by atoms with van der Waals surface area (Å²) in [6, 6.07) is 0. The van der Waals surface area contributed by atoms with Gasteiger partial charge < -0.3 is 28.4 Å². The zero-order valence-electron chi connectivity index (χ0n) is 16.8. The third-order valence-corrected chi connectivity index (χ3v) is 3.68. The second-order valence-corrected chi connectivity index (χ2v) is 6.32. The Morgan fingerprint density at radius 3 is 1.82 bits per heavy atom. The minimum atomic E-state index is -2.84. The van der Waals surface area contributed by atoms with Gasteiger partial charge in [0.2, 0.25) is 0 Å². The van der Waals surface area contributed by atoms with Crippen LogP contribution < -0.4 is 0 Å². The molecule has 0 aliphatic carbocycles. The van der Waals surface area contributed by atoms with Crippen LogP contribution in [0.25, 0.3) is 0 Å². The van der Waals surface area contributed by atoms with Gasteiger partial charge in [0, 0.05) is 18.1 Å². The number of hydrogen-bond acceptors (Lipinski definition) is 9. The van der Waals surface area contributed by atoms with Crippen LogP contribution in [0, 0.1) is 0 Å². The van der Waals surface area contributed by atoms with Gasteiger partial charge in [0.05, 0.1) is 46.2 Å². The monoisotopic (exact) mass is 429 g/mol. The van der Waals surface area contributed by atoms with Gasteiger partial charge in [-0.25, -0.2) is 4.79 Å². The van der Waals surface area contributed by atoms with E-state index >= 15 is 0 Å². The molecule has 0 bridgehead atoms. The molecule has 0 aliphatic heterocycles. The molecular formula is C17H34O10P+. The Morgan fingerprint density at radius 1 is 0.821 bits per heavy atom. The molecular weight excluding hydrogens is 395 g/mol. The third-order valence-electron chi connectivity index (χ3n) is 3.21. The molecule has 10 nitrogen and oxygen atoms in total. The number of hydrogen-bond donors (Lipinski definition) is 1. The summed E-state index contributed by atoms with van der Waals surface area (Å²) in [6.45, 7) is 7.29. The average molecular weight is 429 g/mol. The molecule has 1 N–H and O–H groups in total. The number of rotatable bonds is 20. The summed E-state index contributed by atoms with van der Waals surface area (Å²) < 4.78 is 45.3. The highest BCUT2D eigenvalue weighted by Crippen LogP contribution is 2.18. The molecule has 166 valence electrons. The number of carbonyl (C=O) groups excluding carboxylic acids is 1. The van der Waals surface area contributed by atoms with Gasteiger partial charge in [-0.05, 0) is 6.42 Å². The highest BCUT2D eigenvalue weighted by atomic mass is 31.1. The van der Waals surface area contributed by atoms with Crippen molar-refractivity contribution in [2.24, 2.45) is 0 Å². The fraction of sp³-hybridized carbons (Fsp3) is 0.941. The van der Waals surface area contributed by atoms with Crippen molar-refractivity contribution >= 4 is 14.4 Å².